The minimum absolute atomic E-state index is 0.0846. The number of likely N-dealkylation sites (tertiary alicyclic amines) is 2. The zero-order chi connectivity index (χ0) is 17.2. The Balaban J connectivity index is 1.29. The van der Waals surface area contributed by atoms with Gasteiger partial charge in [0, 0.05) is 38.6 Å². The largest absolute Gasteiger partial charge is 0.353 e. The molecule has 1 aromatic carbocycles. The van der Waals surface area contributed by atoms with E-state index in [4.69, 9.17) is 0 Å². The van der Waals surface area contributed by atoms with E-state index in [1.54, 1.807) is 12.1 Å². The highest BCUT2D eigenvalue weighted by molar-refractivity contribution is 5.81. The normalized spacial score (nSPS) is 30.1. The van der Waals surface area contributed by atoms with Crippen molar-refractivity contribution in [2.75, 3.05) is 39.8 Å². The fourth-order valence-corrected chi connectivity index (χ4v) is 4.44. The van der Waals surface area contributed by atoms with Gasteiger partial charge in [-0.15, -0.1) is 0 Å². The van der Waals surface area contributed by atoms with Crippen LogP contribution in [-0.2, 0) is 0 Å². The molecule has 136 valence electrons. The molecule has 0 bridgehead atoms. The predicted octanol–water partition coefficient (Wildman–Crippen LogP) is 2.67. The number of aliphatic imine (C=N–C) groups is 1. The fraction of sp³-hybridized carbons (Fsp3) is 0.650. The summed E-state index contributed by atoms with van der Waals surface area (Å²) in [4.78, 5) is 9.49. The van der Waals surface area contributed by atoms with E-state index in [0.29, 0.717) is 6.04 Å². The maximum atomic E-state index is 13.9. The van der Waals surface area contributed by atoms with Crippen LogP contribution in [0.2, 0.25) is 0 Å². The lowest BCUT2D eigenvalue weighted by molar-refractivity contribution is 0.281. The van der Waals surface area contributed by atoms with Gasteiger partial charge in [0.25, 0.3) is 0 Å². The summed E-state index contributed by atoms with van der Waals surface area (Å²) in [6, 6.07) is 7.46. The van der Waals surface area contributed by atoms with Gasteiger partial charge in [-0.3, -0.25) is 4.99 Å². The molecule has 3 atom stereocenters. The van der Waals surface area contributed by atoms with Gasteiger partial charge >= 0.3 is 0 Å². The van der Waals surface area contributed by atoms with E-state index in [2.05, 4.69) is 20.1 Å². The predicted molar refractivity (Wildman–Crippen MR) is 99.4 cm³/mol. The van der Waals surface area contributed by atoms with Gasteiger partial charge in [-0.1, -0.05) is 18.2 Å². The van der Waals surface area contributed by atoms with Crippen molar-refractivity contribution < 1.29 is 4.39 Å². The molecule has 0 amide bonds. The maximum Gasteiger partial charge on any atom is 0.193 e. The van der Waals surface area contributed by atoms with Crippen molar-refractivity contribution in [3.05, 3.63) is 35.6 Å². The molecule has 1 saturated carbocycles. The van der Waals surface area contributed by atoms with E-state index in [0.717, 1.165) is 37.0 Å². The molecule has 3 unspecified atom stereocenters. The van der Waals surface area contributed by atoms with Crippen LogP contribution in [0.3, 0.4) is 0 Å². The Kier molecular flexibility index (Phi) is 4.93. The molecule has 5 heteroatoms. The fourth-order valence-electron chi connectivity index (χ4n) is 4.44. The van der Waals surface area contributed by atoms with Crippen LogP contribution in [0.5, 0.6) is 0 Å². The van der Waals surface area contributed by atoms with Gasteiger partial charge in [-0.25, -0.2) is 4.39 Å². The Bertz CT molecular complexity index is 626. The molecule has 0 spiro atoms. The molecule has 4 nitrogen and oxygen atoms in total. The Morgan fingerprint density at radius 2 is 2.04 bits per heavy atom. The zero-order valence-electron chi connectivity index (χ0n) is 15.1. The van der Waals surface area contributed by atoms with Crippen molar-refractivity contribution in [2.24, 2.45) is 10.9 Å². The van der Waals surface area contributed by atoms with Crippen LogP contribution in [0.1, 0.15) is 37.2 Å². The first-order chi connectivity index (χ1) is 12.2. The first kappa shape index (κ1) is 16.8. The van der Waals surface area contributed by atoms with Gasteiger partial charge in [-0.05, 0) is 56.3 Å². The van der Waals surface area contributed by atoms with E-state index in [1.165, 1.54) is 38.9 Å². The molecule has 1 N–H and O–H groups in total. The smallest absolute Gasteiger partial charge is 0.193 e. The molecule has 0 radical (unpaired) electrons. The van der Waals surface area contributed by atoms with Crippen molar-refractivity contribution in [2.45, 2.75) is 37.6 Å². The van der Waals surface area contributed by atoms with Gasteiger partial charge in [0.2, 0.25) is 0 Å². The third-order valence-corrected chi connectivity index (χ3v) is 5.92. The molecule has 2 saturated heterocycles. The Morgan fingerprint density at radius 3 is 2.80 bits per heavy atom. The molecule has 2 heterocycles. The molecule has 25 heavy (non-hydrogen) atoms. The van der Waals surface area contributed by atoms with Gasteiger partial charge < -0.3 is 15.1 Å². The molecular weight excluding hydrogens is 315 g/mol. The van der Waals surface area contributed by atoms with Gasteiger partial charge in [0.1, 0.15) is 5.82 Å². The summed E-state index contributed by atoms with van der Waals surface area (Å²) in [7, 11) is 1.86. The second-order valence-corrected chi connectivity index (χ2v) is 7.77. The van der Waals surface area contributed by atoms with Gasteiger partial charge in [0.15, 0.2) is 5.96 Å². The van der Waals surface area contributed by atoms with E-state index < -0.39 is 0 Å². The third-order valence-electron chi connectivity index (χ3n) is 5.92. The van der Waals surface area contributed by atoms with Crippen LogP contribution in [0.15, 0.2) is 29.3 Å². The SMILES string of the molecule is CN=C(NC1CC1c1ccccc1F)N1CCC(CN2CCCC2)C1. The van der Waals surface area contributed by atoms with Crippen molar-refractivity contribution in [1.82, 2.24) is 15.1 Å². The van der Waals surface area contributed by atoms with Gasteiger partial charge in [-0.2, -0.15) is 0 Å². The minimum atomic E-state index is -0.0846. The van der Waals surface area contributed by atoms with Gasteiger partial charge in [0.05, 0.1) is 0 Å². The minimum Gasteiger partial charge on any atom is -0.353 e. The lowest BCUT2D eigenvalue weighted by Crippen LogP contribution is -2.42. The second-order valence-electron chi connectivity index (χ2n) is 7.77. The van der Waals surface area contributed by atoms with Crippen molar-refractivity contribution in [1.29, 1.82) is 0 Å². The summed E-state index contributed by atoms with van der Waals surface area (Å²) in [5.41, 5.74) is 0.837. The highest BCUT2D eigenvalue weighted by Crippen LogP contribution is 2.42. The summed E-state index contributed by atoms with van der Waals surface area (Å²) in [5.74, 6) is 1.94. The first-order valence-electron chi connectivity index (χ1n) is 9.69. The highest BCUT2D eigenvalue weighted by Gasteiger charge is 2.41. The topological polar surface area (TPSA) is 30.9 Å². The number of rotatable bonds is 4. The molecule has 1 aromatic rings. The average molecular weight is 344 g/mol. The summed E-state index contributed by atoms with van der Waals surface area (Å²) < 4.78 is 13.9. The lowest BCUT2D eigenvalue weighted by Gasteiger charge is -2.23. The van der Waals surface area contributed by atoms with Crippen molar-refractivity contribution in [3.8, 4) is 0 Å². The number of nitrogens with zero attached hydrogens (tertiary/aromatic N) is 3. The summed E-state index contributed by atoms with van der Waals surface area (Å²) in [6.07, 6.45) is 4.96. The Labute approximate surface area is 150 Å². The number of benzene rings is 1. The standard InChI is InChI=1S/C20H29FN4/c1-22-20(23-19-12-17(19)16-6-2-3-7-18(16)21)25-11-8-15(14-25)13-24-9-4-5-10-24/h2-3,6-7,15,17,19H,4-5,8-14H2,1H3,(H,22,23). The molecule has 3 aliphatic rings. The number of guanidine groups is 1. The summed E-state index contributed by atoms with van der Waals surface area (Å²) >= 11 is 0. The zero-order valence-corrected chi connectivity index (χ0v) is 15.1. The number of hydrogen-bond donors (Lipinski definition) is 1. The number of hydrogen-bond acceptors (Lipinski definition) is 2. The number of halogens is 1. The van der Waals surface area contributed by atoms with Crippen molar-refractivity contribution in [3.63, 3.8) is 0 Å². The molecule has 2 aliphatic heterocycles. The Morgan fingerprint density at radius 1 is 1.24 bits per heavy atom. The summed E-state index contributed by atoms with van der Waals surface area (Å²) in [6.45, 7) is 5.95. The molecule has 1 aliphatic carbocycles. The van der Waals surface area contributed by atoms with E-state index in [-0.39, 0.29) is 11.7 Å². The van der Waals surface area contributed by atoms with Crippen LogP contribution < -0.4 is 5.32 Å². The van der Waals surface area contributed by atoms with Crippen LogP contribution in [0, 0.1) is 11.7 Å². The van der Waals surface area contributed by atoms with Crippen LogP contribution >= 0.6 is 0 Å². The summed E-state index contributed by atoms with van der Waals surface area (Å²) in [5, 5.41) is 3.57. The third kappa shape index (κ3) is 3.81. The Hall–Kier alpha value is -1.62. The van der Waals surface area contributed by atoms with Crippen LogP contribution in [0.25, 0.3) is 0 Å². The van der Waals surface area contributed by atoms with Crippen molar-refractivity contribution >= 4 is 5.96 Å². The lowest BCUT2D eigenvalue weighted by atomic mass is 10.1. The molecule has 4 rings (SSSR count). The average Bonchev–Trinajstić information content (AvgIpc) is 3.00. The monoisotopic (exact) mass is 344 g/mol. The van der Waals surface area contributed by atoms with E-state index >= 15 is 0 Å². The van der Waals surface area contributed by atoms with Crippen LogP contribution in [0.4, 0.5) is 4.39 Å². The molecule has 0 aromatic heterocycles. The molecular formula is C20H29FN4. The maximum absolute atomic E-state index is 13.9. The quantitative estimate of drug-likeness (QED) is 0.673. The first-order valence-corrected chi connectivity index (χ1v) is 9.69. The highest BCUT2D eigenvalue weighted by atomic mass is 19.1. The van der Waals surface area contributed by atoms with E-state index in [9.17, 15) is 4.39 Å². The molecule has 3 fully saturated rings. The van der Waals surface area contributed by atoms with E-state index in [1.807, 2.05) is 19.2 Å². The van der Waals surface area contributed by atoms with Crippen LogP contribution in [-0.4, -0.2) is 61.6 Å². The number of nitrogens with one attached hydrogen (secondary N) is 1. The second kappa shape index (κ2) is 7.32.